The van der Waals surface area contributed by atoms with Crippen molar-refractivity contribution in [3.8, 4) is 0 Å². The lowest BCUT2D eigenvalue weighted by molar-refractivity contribution is -0.110. The van der Waals surface area contributed by atoms with E-state index in [2.05, 4.69) is 25.4 Å². The van der Waals surface area contributed by atoms with Gasteiger partial charge in [-0.25, -0.2) is 4.39 Å². The van der Waals surface area contributed by atoms with E-state index in [0.717, 1.165) is 50.4 Å². The lowest BCUT2D eigenvalue weighted by Gasteiger charge is -2.31. The van der Waals surface area contributed by atoms with E-state index in [1.807, 2.05) is 13.0 Å². The van der Waals surface area contributed by atoms with Gasteiger partial charge in [-0.15, -0.1) is 0 Å². The molecule has 0 spiro atoms. The third-order valence-electron chi connectivity index (χ3n) is 6.87. The summed E-state index contributed by atoms with van der Waals surface area (Å²) in [6.45, 7) is 6.40. The number of nitrogens with one attached hydrogen (secondary N) is 1. The minimum atomic E-state index is -0.0738. The number of aldehydes is 1. The van der Waals surface area contributed by atoms with Gasteiger partial charge in [0, 0.05) is 12.0 Å². The Bertz CT molecular complexity index is 597. The molecule has 0 bridgehead atoms. The highest BCUT2D eigenvalue weighted by atomic mass is 19.1. The molecule has 0 aromatic rings. The number of hydrogen-bond donors (Lipinski definition) is 1. The molecule has 1 fully saturated rings. The number of rotatable bonds is 7. The third kappa shape index (κ3) is 4.16. The number of nitrogens with zero attached hydrogens (tertiary/aromatic N) is 1. The Balaban J connectivity index is 1.52. The van der Waals surface area contributed by atoms with Gasteiger partial charge in [0.25, 0.3) is 0 Å². The monoisotopic (exact) mass is 360 g/mol. The van der Waals surface area contributed by atoms with E-state index in [0.29, 0.717) is 29.7 Å². The molecule has 2 heterocycles. The van der Waals surface area contributed by atoms with Gasteiger partial charge in [0.05, 0.1) is 12.1 Å². The number of aliphatic imine (C=N–C) groups is 1. The van der Waals surface area contributed by atoms with E-state index in [-0.39, 0.29) is 17.9 Å². The van der Waals surface area contributed by atoms with Crippen LogP contribution in [0.2, 0.25) is 0 Å². The normalized spacial score (nSPS) is 38.2. The van der Waals surface area contributed by atoms with Gasteiger partial charge in [-0.2, -0.15) is 0 Å². The van der Waals surface area contributed by atoms with Crippen molar-refractivity contribution in [3.05, 3.63) is 23.6 Å². The number of hydrogen-bond acceptors (Lipinski definition) is 3. The van der Waals surface area contributed by atoms with E-state index in [1.54, 1.807) is 6.08 Å². The Morgan fingerprint density at radius 3 is 2.92 bits per heavy atom. The Hall–Kier alpha value is -1.29. The second kappa shape index (κ2) is 8.60. The Labute approximate surface area is 157 Å². The van der Waals surface area contributed by atoms with Crippen LogP contribution in [-0.4, -0.2) is 30.6 Å². The van der Waals surface area contributed by atoms with Crippen molar-refractivity contribution in [1.82, 2.24) is 5.32 Å². The number of carbonyl (C=O) groups excluding carboxylic acids is 1. The minimum absolute atomic E-state index is 0.0416. The fraction of sp³-hybridized carbons (Fsp3) is 0.727. The first kappa shape index (κ1) is 19.5. The summed E-state index contributed by atoms with van der Waals surface area (Å²) in [5.41, 5.74) is 0.853. The first-order chi connectivity index (χ1) is 12.5. The zero-order valence-corrected chi connectivity index (χ0v) is 16.3. The quantitative estimate of drug-likeness (QED) is 0.672. The molecule has 4 heteroatoms. The van der Waals surface area contributed by atoms with Crippen LogP contribution in [0.15, 0.2) is 28.5 Å². The van der Waals surface area contributed by atoms with Gasteiger partial charge in [-0.3, -0.25) is 4.99 Å². The molecule has 144 valence electrons. The van der Waals surface area contributed by atoms with Gasteiger partial charge in [0.2, 0.25) is 0 Å². The summed E-state index contributed by atoms with van der Waals surface area (Å²) in [7, 11) is 0. The molecule has 2 aliphatic heterocycles. The van der Waals surface area contributed by atoms with Crippen LogP contribution in [0.25, 0.3) is 0 Å². The smallest absolute Gasteiger partial charge is 0.137 e. The van der Waals surface area contributed by atoms with E-state index in [1.165, 1.54) is 0 Å². The van der Waals surface area contributed by atoms with E-state index in [9.17, 15) is 9.18 Å². The van der Waals surface area contributed by atoms with Crippen molar-refractivity contribution in [2.75, 3.05) is 0 Å². The van der Waals surface area contributed by atoms with Crippen LogP contribution < -0.4 is 5.32 Å². The first-order valence-corrected chi connectivity index (χ1v) is 10.3. The van der Waals surface area contributed by atoms with E-state index >= 15 is 0 Å². The molecule has 3 aliphatic rings. The lowest BCUT2D eigenvalue weighted by atomic mass is 9.76. The number of allylic oxidation sites excluding steroid dienone is 3. The second-order valence-corrected chi connectivity index (χ2v) is 8.56. The largest absolute Gasteiger partial charge is 0.305 e. The molecule has 7 atom stereocenters. The van der Waals surface area contributed by atoms with Gasteiger partial charge >= 0.3 is 0 Å². The van der Waals surface area contributed by atoms with Crippen molar-refractivity contribution in [1.29, 1.82) is 0 Å². The van der Waals surface area contributed by atoms with Gasteiger partial charge in [-0.1, -0.05) is 26.3 Å². The first-order valence-electron chi connectivity index (χ1n) is 10.3. The average molecular weight is 361 g/mol. The third-order valence-corrected chi connectivity index (χ3v) is 6.87. The fourth-order valence-electron chi connectivity index (χ4n) is 5.09. The van der Waals surface area contributed by atoms with E-state index < -0.39 is 0 Å². The van der Waals surface area contributed by atoms with Crippen molar-refractivity contribution in [2.24, 2.45) is 28.7 Å². The molecule has 26 heavy (non-hydrogen) atoms. The highest BCUT2D eigenvalue weighted by Crippen LogP contribution is 2.38. The molecule has 3 rings (SSSR count). The van der Waals surface area contributed by atoms with Crippen LogP contribution in [0, 0.1) is 23.7 Å². The van der Waals surface area contributed by atoms with E-state index in [4.69, 9.17) is 4.99 Å². The summed E-state index contributed by atoms with van der Waals surface area (Å²) < 4.78 is 13.6. The predicted molar refractivity (Wildman–Crippen MR) is 105 cm³/mol. The summed E-state index contributed by atoms with van der Waals surface area (Å²) in [5, 5.41) is 3.51. The maximum absolute atomic E-state index is 13.6. The van der Waals surface area contributed by atoms with Gasteiger partial charge in [0.1, 0.15) is 12.1 Å². The fourth-order valence-corrected chi connectivity index (χ4v) is 5.09. The molecule has 0 saturated carbocycles. The summed E-state index contributed by atoms with van der Waals surface area (Å²) >= 11 is 0. The summed E-state index contributed by atoms with van der Waals surface area (Å²) in [5.74, 6) is 1.88. The van der Waals surface area contributed by atoms with Crippen LogP contribution >= 0.6 is 0 Å². The van der Waals surface area contributed by atoms with Crippen molar-refractivity contribution in [3.63, 3.8) is 0 Å². The Morgan fingerprint density at radius 2 is 2.27 bits per heavy atom. The topological polar surface area (TPSA) is 41.5 Å². The number of halogens is 1. The average Bonchev–Trinajstić information content (AvgIpc) is 3.28. The molecule has 6 unspecified atom stereocenters. The molecule has 0 amide bonds. The molecule has 1 saturated heterocycles. The maximum atomic E-state index is 13.6. The number of carbonyl (C=O) groups is 1. The van der Waals surface area contributed by atoms with Crippen molar-refractivity contribution < 1.29 is 9.18 Å². The van der Waals surface area contributed by atoms with Gasteiger partial charge in [0.15, 0.2) is 0 Å². The molecule has 3 nitrogen and oxygen atoms in total. The predicted octanol–water partition coefficient (Wildman–Crippen LogP) is 4.64. The summed E-state index contributed by atoms with van der Waals surface area (Å²) in [4.78, 5) is 16.0. The standard InChI is InChI=1S/C22H33FN2O/c1-4-16-12-18(25-21(16)13-26)7-5-14(2)19-9-10-24-22(19)17-6-8-20(23)15(3)11-17/h6,8,10,13-14,16-19,21-22,25H,4-5,7,9,11-12H2,1-3H3/t14?,16-,17?,18?,19?,21?,22?/m0/s1. The minimum Gasteiger partial charge on any atom is -0.305 e. The zero-order chi connectivity index (χ0) is 18.7. The lowest BCUT2D eigenvalue weighted by Crippen LogP contribution is -2.33. The molecule has 0 radical (unpaired) electrons. The van der Waals surface area contributed by atoms with Crippen LogP contribution in [-0.2, 0) is 4.79 Å². The Morgan fingerprint density at radius 1 is 1.46 bits per heavy atom. The van der Waals surface area contributed by atoms with Crippen LogP contribution in [0.5, 0.6) is 0 Å². The summed E-state index contributed by atoms with van der Waals surface area (Å²) in [6.07, 6.45) is 13.1. The molecule has 0 aromatic heterocycles. The Kier molecular flexibility index (Phi) is 6.44. The maximum Gasteiger partial charge on any atom is 0.137 e. The highest BCUT2D eigenvalue weighted by Gasteiger charge is 2.36. The zero-order valence-electron chi connectivity index (χ0n) is 16.3. The van der Waals surface area contributed by atoms with Gasteiger partial charge < -0.3 is 10.1 Å². The van der Waals surface area contributed by atoms with Crippen molar-refractivity contribution >= 4 is 12.5 Å². The summed E-state index contributed by atoms with van der Waals surface area (Å²) in [6, 6.07) is 0.791. The molecule has 1 aliphatic carbocycles. The second-order valence-electron chi connectivity index (χ2n) is 8.56. The molecule has 0 aromatic carbocycles. The molecular formula is C22H33FN2O. The van der Waals surface area contributed by atoms with Crippen LogP contribution in [0.3, 0.4) is 0 Å². The van der Waals surface area contributed by atoms with Crippen molar-refractivity contribution in [2.45, 2.75) is 77.4 Å². The van der Waals surface area contributed by atoms with Crippen LogP contribution in [0.4, 0.5) is 4.39 Å². The van der Waals surface area contributed by atoms with Gasteiger partial charge in [-0.05, 0) is 74.6 Å². The SMILES string of the molecule is CC[C@H]1CC(CCC(C)C2CC=NC2C2C=CC(F)=C(C)C2)NC1C=O. The van der Waals surface area contributed by atoms with Crippen LogP contribution in [0.1, 0.15) is 59.3 Å². The molecule has 1 N–H and O–H groups in total. The molecular weight excluding hydrogens is 327 g/mol. The highest BCUT2D eigenvalue weighted by molar-refractivity contribution is 5.61.